The van der Waals surface area contributed by atoms with Gasteiger partial charge < -0.3 is 9.64 Å². The van der Waals surface area contributed by atoms with Crippen LogP contribution in [0.15, 0.2) is 12.3 Å². The standard InChI is InChI=1S/C12H15N3O4/c1-14(7-8-3-4-8)11-10(15(17)18)5-9(6-13-11)12(16)19-2/h5-6,8H,3-4,7H2,1-2H3. The lowest BCUT2D eigenvalue weighted by molar-refractivity contribution is -0.384. The summed E-state index contributed by atoms with van der Waals surface area (Å²) < 4.78 is 4.53. The Hall–Kier alpha value is -2.18. The average Bonchev–Trinajstić information content (AvgIpc) is 3.20. The predicted octanol–water partition coefficient (Wildman–Crippen LogP) is 1.62. The third-order valence-electron chi connectivity index (χ3n) is 3.06. The van der Waals surface area contributed by atoms with Crippen LogP contribution in [-0.4, -0.2) is 36.6 Å². The maximum atomic E-state index is 11.4. The molecule has 7 heteroatoms. The highest BCUT2D eigenvalue weighted by Gasteiger charge is 2.27. The van der Waals surface area contributed by atoms with Crippen LogP contribution >= 0.6 is 0 Å². The van der Waals surface area contributed by atoms with Crippen LogP contribution in [0.5, 0.6) is 0 Å². The Labute approximate surface area is 110 Å². The number of methoxy groups -OCH3 is 1. The van der Waals surface area contributed by atoms with Crippen LogP contribution in [-0.2, 0) is 4.74 Å². The molecule has 1 saturated carbocycles. The molecule has 0 bridgehead atoms. The molecule has 1 fully saturated rings. The lowest BCUT2D eigenvalue weighted by Gasteiger charge is -2.17. The van der Waals surface area contributed by atoms with Crippen LogP contribution in [0, 0.1) is 16.0 Å². The molecule has 2 rings (SSSR count). The Kier molecular flexibility index (Phi) is 3.64. The van der Waals surface area contributed by atoms with Crippen molar-refractivity contribution in [3.05, 3.63) is 27.9 Å². The van der Waals surface area contributed by atoms with Gasteiger partial charge in [-0.25, -0.2) is 9.78 Å². The first-order valence-corrected chi connectivity index (χ1v) is 5.96. The smallest absolute Gasteiger partial charge is 0.339 e. The van der Waals surface area contributed by atoms with Crippen LogP contribution in [0.1, 0.15) is 23.2 Å². The summed E-state index contributed by atoms with van der Waals surface area (Å²) in [5.74, 6) is 0.239. The highest BCUT2D eigenvalue weighted by molar-refractivity contribution is 5.90. The molecule has 0 saturated heterocycles. The van der Waals surface area contributed by atoms with E-state index >= 15 is 0 Å². The summed E-state index contributed by atoms with van der Waals surface area (Å²) in [6.07, 6.45) is 3.61. The van der Waals surface area contributed by atoms with Crippen LogP contribution < -0.4 is 4.90 Å². The Morgan fingerprint density at radius 3 is 2.84 bits per heavy atom. The van der Waals surface area contributed by atoms with Crippen molar-refractivity contribution in [2.75, 3.05) is 25.6 Å². The summed E-state index contributed by atoms with van der Waals surface area (Å²) in [5, 5.41) is 11.1. The number of carbonyl (C=O) groups excluding carboxylic acids is 1. The van der Waals surface area contributed by atoms with E-state index in [1.54, 1.807) is 11.9 Å². The lowest BCUT2D eigenvalue weighted by atomic mass is 10.2. The van der Waals surface area contributed by atoms with E-state index in [9.17, 15) is 14.9 Å². The summed E-state index contributed by atoms with van der Waals surface area (Å²) in [6, 6.07) is 1.21. The van der Waals surface area contributed by atoms with Gasteiger partial charge in [0.1, 0.15) is 0 Å². The van der Waals surface area contributed by atoms with Gasteiger partial charge in [-0.05, 0) is 18.8 Å². The number of anilines is 1. The van der Waals surface area contributed by atoms with Crippen molar-refractivity contribution >= 4 is 17.5 Å². The molecule has 0 atom stereocenters. The molecule has 0 aromatic carbocycles. The first-order chi connectivity index (χ1) is 9.02. The zero-order valence-electron chi connectivity index (χ0n) is 10.8. The molecule has 0 unspecified atom stereocenters. The quantitative estimate of drug-likeness (QED) is 0.457. The van der Waals surface area contributed by atoms with E-state index in [1.807, 2.05) is 0 Å². The molecule has 0 amide bonds. The van der Waals surface area contributed by atoms with Gasteiger partial charge in [0.25, 0.3) is 0 Å². The number of nitro groups is 1. The van der Waals surface area contributed by atoms with Crippen molar-refractivity contribution in [3.8, 4) is 0 Å². The number of pyridine rings is 1. The molecule has 1 aromatic rings. The van der Waals surface area contributed by atoms with Crippen molar-refractivity contribution in [3.63, 3.8) is 0 Å². The van der Waals surface area contributed by atoms with Crippen LogP contribution in [0.2, 0.25) is 0 Å². The van der Waals surface area contributed by atoms with Crippen LogP contribution in [0.4, 0.5) is 11.5 Å². The van der Waals surface area contributed by atoms with Crippen molar-refractivity contribution in [2.45, 2.75) is 12.8 Å². The topological polar surface area (TPSA) is 85.6 Å². The zero-order chi connectivity index (χ0) is 14.0. The van der Waals surface area contributed by atoms with Gasteiger partial charge >= 0.3 is 11.7 Å². The molecular formula is C12H15N3O4. The van der Waals surface area contributed by atoms with E-state index in [2.05, 4.69) is 9.72 Å². The second kappa shape index (κ2) is 5.21. The molecule has 7 nitrogen and oxygen atoms in total. The van der Waals surface area contributed by atoms with E-state index in [1.165, 1.54) is 19.4 Å². The Bertz CT molecular complexity index is 514. The Morgan fingerprint density at radius 1 is 1.63 bits per heavy atom. The van der Waals surface area contributed by atoms with E-state index < -0.39 is 10.9 Å². The molecule has 0 N–H and O–H groups in total. The SMILES string of the molecule is COC(=O)c1cnc(N(C)CC2CC2)c([N+](=O)[O-])c1. The predicted molar refractivity (Wildman–Crippen MR) is 68.2 cm³/mol. The van der Waals surface area contributed by atoms with E-state index in [0.29, 0.717) is 5.92 Å². The van der Waals surface area contributed by atoms with Gasteiger partial charge in [-0.3, -0.25) is 10.1 Å². The third kappa shape index (κ3) is 2.98. The lowest BCUT2D eigenvalue weighted by Crippen LogP contribution is -2.22. The van der Waals surface area contributed by atoms with Gasteiger partial charge in [0.15, 0.2) is 0 Å². The van der Waals surface area contributed by atoms with Gasteiger partial charge in [0.05, 0.1) is 17.6 Å². The second-order valence-corrected chi connectivity index (χ2v) is 4.64. The molecule has 102 valence electrons. The molecule has 1 heterocycles. The Morgan fingerprint density at radius 2 is 2.32 bits per heavy atom. The molecule has 1 aromatic heterocycles. The molecule has 1 aliphatic carbocycles. The minimum Gasteiger partial charge on any atom is -0.465 e. The van der Waals surface area contributed by atoms with Gasteiger partial charge in [-0.1, -0.05) is 0 Å². The zero-order valence-corrected chi connectivity index (χ0v) is 10.8. The van der Waals surface area contributed by atoms with Gasteiger partial charge in [0, 0.05) is 25.9 Å². The second-order valence-electron chi connectivity index (χ2n) is 4.64. The van der Waals surface area contributed by atoms with E-state index in [0.717, 1.165) is 19.4 Å². The fourth-order valence-electron chi connectivity index (χ4n) is 1.88. The highest BCUT2D eigenvalue weighted by Crippen LogP contribution is 2.33. The Balaban J connectivity index is 2.31. The van der Waals surface area contributed by atoms with Gasteiger partial charge in [0.2, 0.25) is 5.82 Å². The molecule has 0 spiro atoms. The average molecular weight is 265 g/mol. The van der Waals surface area contributed by atoms with Crippen molar-refractivity contribution in [2.24, 2.45) is 5.92 Å². The minimum absolute atomic E-state index is 0.0813. The summed E-state index contributed by atoms with van der Waals surface area (Å²) in [5.41, 5.74) is -0.0937. The van der Waals surface area contributed by atoms with Crippen LogP contribution in [0.25, 0.3) is 0 Å². The summed E-state index contributed by atoms with van der Waals surface area (Å²) in [6.45, 7) is 0.741. The van der Waals surface area contributed by atoms with Crippen molar-refractivity contribution in [1.82, 2.24) is 4.98 Å². The fourth-order valence-corrected chi connectivity index (χ4v) is 1.88. The molecule has 0 aliphatic heterocycles. The molecule has 19 heavy (non-hydrogen) atoms. The number of nitrogens with zero attached hydrogens (tertiary/aromatic N) is 3. The number of rotatable bonds is 5. The highest BCUT2D eigenvalue weighted by atomic mass is 16.6. The normalized spacial score (nSPS) is 14.0. The van der Waals surface area contributed by atoms with Gasteiger partial charge in [-0.15, -0.1) is 0 Å². The van der Waals surface area contributed by atoms with Crippen molar-refractivity contribution in [1.29, 1.82) is 0 Å². The monoisotopic (exact) mass is 265 g/mol. The van der Waals surface area contributed by atoms with Gasteiger partial charge in [-0.2, -0.15) is 0 Å². The van der Waals surface area contributed by atoms with E-state index in [4.69, 9.17) is 0 Å². The van der Waals surface area contributed by atoms with Crippen LogP contribution in [0.3, 0.4) is 0 Å². The minimum atomic E-state index is -0.632. The van der Waals surface area contributed by atoms with Crippen molar-refractivity contribution < 1.29 is 14.5 Å². The first-order valence-electron chi connectivity index (χ1n) is 5.96. The maximum Gasteiger partial charge on any atom is 0.339 e. The fraction of sp³-hybridized carbons (Fsp3) is 0.500. The summed E-state index contributed by atoms with van der Waals surface area (Å²) in [7, 11) is 2.99. The number of hydrogen-bond acceptors (Lipinski definition) is 6. The number of hydrogen-bond donors (Lipinski definition) is 0. The molecule has 0 radical (unpaired) electrons. The molecule has 1 aliphatic rings. The number of aromatic nitrogens is 1. The summed E-state index contributed by atoms with van der Waals surface area (Å²) in [4.78, 5) is 27.7. The summed E-state index contributed by atoms with van der Waals surface area (Å²) >= 11 is 0. The number of ether oxygens (including phenoxy) is 1. The number of carbonyl (C=O) groups is 1. The first kappa shape index (κ1) is 13.3. The maximum absolute atomic E-state index is 11.4. The van der Waals surface area contributed by atoms with E-state index in [-0.39, 0.29) is 17.1 Å². The largest absolute Gasteiger partial charge is 0.465 e. The molecular weight excluding hydrogens is 250 g/mol. The number of esters is 1. The third-order valence-corrected chi connectivity index (χ3v) is 3.06.